The molecule has 2 aromatic carbocycles. The van der Waals surface area contributed by atoms with Gasteiger partial charge in [-0.3, -0.25) is 4.52 Å². The Labute approximate surface area is 179 Å². The van der Waals surface area contributed by atoms with Gasteiger partial charge in [0.1, 0.15) is 12.4 Å². The summed E-state index contributed by atoms with van der Waals surface area (Å²) >= 11 is 13.4. The van der Waals surface area contributed by atoms with E-state index in [1.165, 1.54) is 11.4 Å². The van der Waals surface area contributed by atoms with Crippen LogP contribution in [0.4, 0.5) is 0 Å². The molecule has 2 aromatic rings. The SMILES string of the molecule is CCCSP(=O)(OCC)Oc1ccc(C=NOCc2c(Cl)cccc2Cl)cc1. The van der Waals surface area contributed by atoms with Crippen molar-refractivity contribution in [2.24, 2.45) is 5.16 Å². The van der Waals surface area contributed by atoms with Gasteiger partial charge in [-0.1, -0.05) is 41.3 Å². The number of rotatable bonds is 11. The Morgan fingerprint density at radius 3 is 2.39 bits per heavy atom. The van der Waals surface area contributed by atoms with E-state index in [1.807, 2.05) is 6.92 Å². The van der Waals surface area contributed by atoms with E-state index in [9.17, 15) is 4.57 Å². The van der Waals surface area contributed by atoms with Gasteiger partial charge in [0.15, 0.2) is 0 Å². The van der Waals surface area contributed by atoms with E-state index in [-0.39, 0.29) is 6.61 Å². The number of halogens is 2. The molecule has 0 aromatic heterocycles. The maximum Gasteiger partial charge on any atom is 0.440 e. The fourth-order valence-electron chi connectivity index (χ4n) is 2.07. The van der Waals surface area contributed by atoms with Crippen molar-refractivity contribution in [2.75, 3.05) is 12.4 Å². The Bertz CT molecular complexity index is 813. The van der Waals surface area contributed by atoms with Gasteiger partial charge in [0, 0.05) is 21.4 Å². The van der Waals surface area contributed by atoms with Crippen molar-refractivity contribution in [1.29, 1.82) is 0 Å². The first-order valence-corrected chi connectivity index (χ1v) is 12.6. The number of hydrogen-bond donors (Lipinski definition) is 0. The zero-order valence-corrected chi connectivity index (χ0v) is 18.9. The minimum atomic E-state index is -3.21. The van der Waals surface area contributed by atoms with Crippen LogP contribution in [0.15, 0.2) is 47.6 Å². The normalized spacial score (nSPS) is 13.4. The second kappa shape index (κ2) is 11.7. The first-order chi connectivity index (χ1) is 13.5. The summed E-state index contributed by atoms with van der Waals surface area (Å²) in [7, 11) is 0. The van der Waals surface area contributed by atoms with Crippen LogP contribution in [0, 0.1) is 0 Å². The molecule has 9 heteroatoms. The first kappa shape index (κ1) is 23.1. The van der Waals surface area contributed by atoms with Crippen LogP contribution in [0.1, 0.15) is 31.4 Å². The predicted octanol–water partition coefficient (Wildman–Crippen LogP) is 7.21. The minimum absolute atomic E-state index is 0.169. The van der Waals surface area contributed by atoms with E-state index in [0.717, 1.165) is 12.0 Å². The lowest BCUT2D eigenvalue weighted by Gasteiger charge is -2.17. The molecule has 0 aliphatic heterocycles. The van der Waals surface area contributed by atoms with E-state index in [1.54, 1.807) is 55.6 Å². The molecule has 0 aliphatic rings. The molecule has 28 heavy (non-hydrogen) atoms. The molecule has 0 saturated carbocycles. The van der Waals surface area contributed by atoms with Gasteiger partial charge in [0.05, 0.1) is 12.8 Å². The molecule has 152 valence electrons. The summed E-state index contributed by atoms with van der Waals surface area (Å²) in [5, 5.41) is 4.99. The Hall–Kier alpha value is -1.17. The molecular weight excluding hydrogens is 440 g/mol. The quantitative estimate of drug-likeness (QED) is 0.201. The maximum absolute atomic E-state index is 12.7. The number of benzene rings is 2. The van der Waals surface area contributed by atoms with E-state index in [4.69, 9.17) is 37.1 Å². The van der Waals surface area contributed by atoms with Crippen LogP contribution in [0.5, 0.6) is 5.75 Å². The zero-order chi connectivity index (χ0) is 20.4. The van der Waals surface area contributed by atoms with E-state index in [0.29, 0.717) is 33.7 Å². The van der Waals surface area contributed by atoms with Crippen LogP contribution < -0.4 is 4.52 Å². The van der Waals surface area contributed by atoms with Crippen LogP contribution in [0.25, 0.3) is 0 Å². The van der Waals surface area contributed by atoms with Crippen molar-refractivity contribution in [1.82, 2.24) is 0 Å². The Kier molecular flexibility index (Phi) is 9.69. The van der Waals surface area contributed by atoms with Crippen molar-refractivity contribution >= 4 is 47.6 Å². The fourth-order valence-corrected chi connectivity index (χ4v) is 6.03. The molecule has 0 heterocycles. The van der Waals surface area contributed by atoms with Crippen LogP contribution in [0.2, 0.25) is 10.0 Å². The molecule has 0 spiro atoms. The van der Waals surface area contributed by atoms with Gasteiger partial charge in [-0.15, -0.1) is 0 Å². The summed E-state index contributed by atoms with van der Waals surface area (Å²) in [5.41, 5.74) is 1.48. The van der Waals surface area contributed by atoms with Gasteiger partial charge in [-0.25, -0.2) is 4.57 Å². The van der Waals surface area contributed by atoms with Crippen molar-refractivity contribution in [3.63, 3.8) is 0 Å². The van der Waals surface area contributed by atoms with Crippen molar-refractivity contribution in [3.05, 3.63) is 63.6 Å². The van der Waals surface area contributed by atoms with E-state index < -0.39 is 6.80 Å². The number of hydrogen-bond acceptors (Lipinski definition) is 6. The second-order valence-corrected chi connectivity index (χ2v) is 10.5. The minimum Gasteiger partial charge on any atom is -0.417 e. The van der Waals surface area contributed by atoms with Crippen LogP contribution in [0.3, 0.4) is 0 Å². The molecule has 2 rings (SSSR count). The standard InChI is InChI=1S/C19H22Cl2NO4PS/c1-3-12-28-27(23,25-4-2)26-16-10-8-15(9-11-16)13-22-24-14-17-18(20)6-5-7-19(17)21/h5-11,13H,3-4,12,14H2,1-2H3. The van der Waals surface area contributed by atoms with Crippen molar-refractivity contribution < 1.29 is 18.5 Å². The molecule has 0 saturated heterocycles. The topological polar surface area (TPSA) is 57.1 Å². The average molecular weight is 462 g/mol. The molecular formula is C19H22Cl2NO4PS. The summed E-state index contributed by atoms with van der Waals surface area (Å²) in [5.74, 6) is 1.18. The summed E-state index contributed by atoms with van der Waals surface area (Å²) in [6.07, 6.45) is 2.45. The van der Waals surface area contributed by atoms with Crippen LogP contribution in [-0.4, -0.2) is 18.6 Å². The van der Waals surface area contributed by atoms with Crippen molar-refractivity contribution in [3.8, 4) is 5.75 Å². The molecule has 1 unspecified atom stereocenters. The summed E-state index contributed by atoms with van der Waals surface area (Å²) in [6, 6.07) is 12.3. The zero-order valence-electron chi connectivity index (χ0n) is 15.6. The third-order valence-electron chi connectivity index (χ3n) is 3.38. The third kappa shape index (κ3) is 7.34. The second-order valence-electron chi connectivity index (χ2n) is 5.57. The van der Waals surface area contributed by atoms with Gasteiger partial charge >= 0.3 is 6.80 Å². The lowest BCUT2D eigenvalue weighted by Crippen LogP contribution is -1.96. The highest BCUT2D eigenvalue weighted by Crippen LogP contribution is 2.60. The maximum atomic E-state index is 12.7. The van der Waals surface area contributed by atoms with Crippen LogP contribution in [-0.2, 0) is 20.5 Å². The Balaban J connectivity index is 1.93. The molecule has 0 aliphatic carbocycles. The number of nitrogens with zero attached hydrogens (tertiary/aromatic N) is 1. The average Bonchev–Trinajstić information content (AvgIpc) is 2.67. The molecule has 5 nitrogen and oxygen atoms in total. The Morgan fingerprint density at radius 2 is 1.79 bits per heavy atom. The summed E-state index contributed by atoms with van der Waals surface area (Å²) in [4.78, 5) is 5.27. The third-order valence-corrected chi connectivity index (χ3v) is 8.05. The highest BCUT2D eigenvalue weighted by Gasteiger charge is 2.26. The van der Waals surface area contributed by atoms with Gasteiger partial charge in [-0.05, 0) is 66.7 Å². The molecule has 0 fully saturated rings. The lowest BCUT2D eigenvalue weighted by atomic mass is 10.2. The summed E-state index contributed by atoms with van der Waals surface area (Å²) < 4.78 is 23.6. The highest BCUT2D eigenvalue weighted by molar-refractivity contribution is 8.55. The first-order valence-electron chi connectivity index (χ1n) is 8.74. The van der Waals surface area contributed by atoms with E-state index in [2.05, 4.69) is 5.16 Å². The molecule has 0 bridgehead atoms. The molecule has 0 N–H and O–H groups in total. The van der Waals surface area contributed by atoms with Gasteiger partial charge in [0.2, 0.25) is 0 Å². The predicted molar refractivity (Wildman–Crippen MR) is 118 cm³/mol. The summed E-state index contributed by atoms with van der Waals surface area (Å²) in [6.45, 7) is 1.09. The van der Waals surface area contributed by atoms with Gasteiger partial charge in [-0.2, -0.15) is 0 Å². The molecule has 0 amide bonds. The smallest absolute Gasteiger partial charge is 0.417 e. The van der Waals surface area contributed by atoms with Gasteiger partial charge < -0.3 is 9.36 Å². The molecule has 0 radical (unpaired) electrons. The number of oxime groups is 1. The monoisotopic (exact) mass is 461 g/mol. The lowest BCUT2D eigenvalue weighted by molar-refractivity contribution is 0.132. The fraction of sp³-hybridized carbons (Fsp3) is 0.316. The van der Waals surface area contributed by atoms with E-state index >= 15 is 0 Å². The Morgan fingerprint density at radius 1 is 1.11 bits per heavy atom. The van der Waals surface area contributed by atoms with Crippen LogP contribution >= 0.6 is 41.4 Å². The molecule has 1 atom stereocenters. The van der Waals surface area contributed by atoms with Crippen molar-refractivity contribution in [2.45, 2.75) is 26.9 Å². The highest BCUT2D eigenvalue weighted by atomic mass is 35.5. The largest absolute Gasteiger partial charge is 0.440 e. The van der Waals surface area contributed by atoms with Gasteiger partial charge in [0.25, 0.3) is 0 Å².